The molecule has 2 heteroatoms. The first-order chi connectivity index (χ1) is 8.36. The fraction of sp³-hybridized carbons (Fsp3) is 0.733. The molecule has 1 aliphatic rings. The van der Waals surface area contributed by atoms with Crippen molar-refractivity contribution in [3.05, 3.63) is 24.2 Å². The zero-order valence-electron chi connectivity index (χ0n) is 11.1. The van der Waals surface area contributed by atoms with Crippen LogP contribution in [0.25, 0.3) is 0 Å². The maximum Gasteiger partial charge on any atom is 0.120 e. The molecule has 0 aromatic carbocycles. The van der Waals surface area contributed by atoms with Crippen LogP contribution >= 0.6 is 0 Å². The molecule has 96 valence electrons. The van der Waals surface area contributed by atoms with E-state index < -0.39 is 0 Å². The SMILES string of the molecule is CCNC(c1ccco1)C1CCCCC1CC. The van der Waals surface area contributed by atoms with Gasteiger partial charge in [-0.1, -0.05) is 39.5 Å². The van der Waals surface area contributed by atoms with Gasteiger partial charge in [0.1, 0.15) is 5.76 Å². The van der Waals surface area contributed by atoms with Crippen LogP contribution in [0.5, 0.6) is 0 Å². The molecular formula is C15H25NO. The summed E-state index contributed by atoms with van der Waals surface area (Å²) in [7, 11) is 0. The Kier molecular flexibility index (Phi) is 4.66. The van der Waals surface area contributed by atoms with E-state index in [2.05, 4.69) is 25.2 Å². The molecule has 1 fully saturated rings. The van der Waals surface area contributed by atoms with Crippen LogP contribution in [-0.2, 0) is 0 Å². The van der Waals surface area contributed by atoms with Gasteiger partial charge in [0.15, 0.2) is 0 Å². The van der Waals surface area contributed by atoms with E-state index in [9.17, 15) is 0 Å². The molecular weight excluding hydrogens is 210 g/mol. The lowest BCUT2D eigenvalue weighted by Gasteiger charge is -2.36. The van der Waals surface area contributed by atoms with Crippen LogP contribution in [0.4, 0.5) is 0 Å². The minimum atomic E-state index is 0.417. The summed E-state index contributed by atoms with van der Waals surface area (Å²) in [5.41, 5.74) is 0. The zero-order chi connectivity index (χ0) is 12.1. The van der Waals surface area contributed by atoms with E-state index >= 15 is 0 Å². The van der Waals surface area contributed by atoms with E-state index in [1.807, 2.05) is 6.07 Å². The fourth-order valence-electron chi connectivity index (χ4n) is 3.33. The molecule has 1 aromatic rings. The molecule has 0 aliphatic heterocycles. The van der Waals surface area contributed by atoms with Crippen LogP contribution in [-0.4, -0.2) is 6.54 Å². The predicted molar refractivity (Wildman–Crippen MR) is 70.9 cm³/mol. The van der Waals surface area contributed by atoms with E-state index in [0.717, 1.165) is 24.1 Å². The maximum absolute atomic E-state index is 5.63. The Bertz CT molecular complexity index is 307. The second-order valence-corrected chi connectivity index (χ2v) is 5.17. The summed E-state index contributed by atoms with van der Waals surface area (Å²) in [4.78, 5) is 0. The number of hydrogen-bond donors (Lipinski definition) is 1. The lowest BCUT2D eigenvalue weighted by atomic mass is 9.73. The second-order valence-electron chi connectivity index (χ2n) is 5.17. The first-order valence-corrected chi connectivity index (χ1v) is 7.13. The molecule has 0 bridgehead atoms. The third-order valence-corrected chi connectivity index (χ3v) is 4.19. The molecule has 1 heterocycles. The summed E-state index contributed by atoms with van der Waals surface area (Å²) >= 11 is 0. The molecule has 0 spiro atoms. The zero-order valence-corrected chi connectivity index (χ0v) is 11.1. The summed E-state index contributed by atoms with van der Waals surface area (Å²) < 4.78 is 5.63. The van der Waals surface area contributed by atoms with Crippen LogP contribution in [0.3, 0.4) is 0 Å². The minimum Gasteiger partial charge on any atom is -0.468 e. The van der Waals surface area contributed by atoms with E-state index in [4.69, 9.17) is 4.42 Å². The van der Waals surface area contributed by atoms with Gasteiger partial charge < -0.3 is 9.73 Å². The minimum absolute atomic E-state index is 0.417. The van der Waals surface area contributed by atoms with E-state index in [-0.39, 0.29) is 0 Å². The standard InChI is InChI=1S/C15H25NO/c1-3-12-8-5-6-9-13(12)15(16-4-2)14-10-7-11-17-14/h7,10-13,15-16H,3-6,8-9H2,1-2H3. The third-order valence-electron chi connectivity index (χ3n) is 4.19. The number of nitrogens with one attached hydrogen (secondary N) is 1. The van der Waals surface area contributed by atoms with Gasteiger partial charge in [-0.05, 0) is 36.9 Å². The smallest absolute Gasteiger partial charge is 0.120 e. The molecule has 2 nitrogen and oxygen atoms in total. The highest BCUT2D eigenvalue weighted by Crippen LogP contribution is 2.40. The highest BCUT2D eigenvalue weighted by atomic mass is 16.3. The topological polar surface area (TPSA) is 25.2 Å². The average Bonchev–Trinajstić information content (AvgIpc) is 2.89. The van der Waals surface area contributed by atoms with E-state index in [1.165, 1.54) is 32.1 Å². The highest BCUT2D eigenvalue weighted by Gasteiger charge is 2.32. The molecule has 17 heavy (non-hydrogen) atoms. The van der Waals surface area contributed by atoms with Gasteiger partial charge in [-0.25, -0.2) is 0 Å². The van der Waals surface area contributed by atoms with E-state index in [1.54, 1.807) is 6.26 Å². The van der Waals surface area contributed by atoms with Gasteiger partial charge >= 0.3 is 0 Å². The molecule has 3 unspecified atom stereocenters. The van der Waals surface area contributed by atoms with Crippen molar-refractivity contribution in [3.63, 3.8) is 0 Å². The first kappa shape index (κ1) is 12.7. The molecule has 0 saturated heterocycles. The first-order valence-electron chi connectivity index (χ1n) is 7.13. The molecule has 1 aliphatic carbocycles. The van der Waals surface area contributed by atoms with Crippen molar-refractivity contribution in [3.8, 4) is 0 Å². The van der Waals surface area contributed by atoms with Crippen molar-refractivity contribution in [2.75, 3.05) is 6.54 Å². The quantitative estimate of drug-likeness (QED) is 0.829. The Morgan fingerprint density at radius 3 is 2.82 bits per heavy atom. The number of rotatable bonds is 5. The average molecular weight is 235 g/mol. The molecule has 0 radical (unpaired) electrons. The molecule has 1 saturated carbocycles. The lowest BCUT2D eigenvalue weighted by molar-refractivity contribution is 0.162. The van der Waals surface area contributed by atoms with Crippen LogP contribution in [0.15, 0.2) is 22.8 Å². The van der Waals surface area contributed by atoms with Crippen molar-refractivity contribution >= 4 is 0 Å². The Balaban J connectivity index is 2.13. The summed E-state index contributed by atoms with van der Waals surface area (Å²) in [6, 6.07) is 4.54. The van der Waals surface area contributed by atoms with Gasteiger partial charge in [0.2, 0.25) is 0 Å². The van der Waals surface area contributed by atoms with Crippen molar-refractivity contribution in [1.29, 1.82) is 0 Å². The number of furan rings is 1. The summed E-state index contributed by atoms with van der Waals surface area (Å²) in [5, 5.41) is 3.63. The van der Waals surface area contributed by atoms with Crippen LogP contribution in [0.2, 0.25) is 0 Å². The fourth-order valence-corrected chi connectivity index (χ4v) is 3.33. The Hall–Kier alpha value is -0.760. The summed E-state index contributed by atoms with van der Waals surface area (Å²) in [6.45, 7) is 5.52. The number of hydrogen-bond acceptors (Lipinski definition) is 2. The van der Waals surface area contributed by atoms with Crippen molar-refractivity contribution in [2.45, 2.75) is 52.0 Å². The van der Waals surface area contributed by atoms with Crippen LogP contribution in [0, 0.1) is 11.8 Å². The maximum atomic E-state index is 5.63. The molecule has 3 atom stereocenters. The molecule has 2 rings (SSSR count). The van der Waals surface area contributed by atoms with Gasteiger partial charge in [-0.3, -0.25) is 0 Å². The van der Waals surface area contributed by atoms with Gasteiger partial charge in [0.25, 0.3) is 0 Å². The second kappa shape index (κ2) is 6.25. The molecule has 1 N–H and O–H groups in total. The van der Waals surface area contributed by atoms with Crippen LogP contribution in [0.1, 0.15) is 57.8 Å². The van der Waals surface area contributed by atoms with E-state index in [0.29, 0.717) is 6.04 Å². The largest absolute Gasteiger partial charge is 0.468 e. The summed E-state index contributed by atoms with van der Waals surface area (Å²) in [5.74, 6) is 2.73. The predicted octanol–water partition coefficient (Wildman–Crippen LogP) is 4.15. The van der Waals surface area contributed by atoms with Crippen molar-refractivity contribution in [1.82, 2.24) is 5.32 Å². The van der Waals surface area contributed by atoms with Crippen molar-refractivity contribution < 1.29 is 4.42 Å². The summed E-state index contributed by atoms with van der Waals surface area (Å²) in [6.07, 6.45) is 8.62. The lowest BCUT2D eigenvalue weighted by Crippen LogP contribution is -2.34. The highest BCUT2D eigenvalue weighted by molar-refractivity contribution is 5.07. The molecule has 0 amide bonds. The van der Waals surface area contributed by atoms with Crippen molar-refractivity contribution in [2.24, 2.45) is 11.8 Å². The van der Waals surface area contributed by atoms with Gasteiger partial charge in [0.05, 0.1) is 12.3 Å². The normalized spacial score (nSPS) is 26.9. The monoisotopic (exact) mass is 235 g/mol. The Morgan fingerprint density at radius 2 is 2.18 bits per heavy atom. The Labute approximate surface area is 105 Å². The molecule has 1 aromatic heterocycles. The third kappa shape index (κ3) is 2.92. The van der Waals surface area contributed by atoms with Gasteiger partial charge in [0, 0.05) is 0 Å². The van der Waals surface area contributed by atoms with Gasteiger partial charge in [-0.15, -0.1) is 0 Å². The Morgan fingerprint density at radius 1 is 1.35 bits per heavy atom. The van der Waals surface area contributed by atoms with Gasteiger partial charge in [-0.2, -0.15) is 0 Å². The van der Waals surface area contributed by atoms with Crippen LogP contribution < -0.4 is 5.32 Å².